The Bertz CT molecular complexity index is 859. The Balaban J connectivity index is 1.76. The van der Waals surface area contributed by atoms with Crippen LogP contribution in [0.4, 0.5) is 5.69 Å². The standard InChI is InChI=1S/C23H29N3O4/c1-15(2)13-21(27)24-19-9-5-18(6-10-19)23(29)26-25-22(28)14-30-20-11-7-17(8-12-20)16(3)4/h5-12,15-16H,13-14H2,1-4H3,(H,24,27)(H,25,28)(H,26,29). The van der Waals surface area contributed by atoms with Crippen molar-refractivity contribution in [2.24, 2.45) is 5.92 Å². The van der Waals surface area contributed by atoms with Gasteiger partial charge >= 0.3 is 0 Å². The first kappa shape index (κ1) is 22.9. The maximum Gasteiger partial charge on any atom is 0.276 e. The predicted octanol–water partition coefficient (Wildman–Crippen LogP) is 3.63. The number of hydrogen-bond acceptors (Lipinski definition) is 4. The first-order valence-electron chi connectivity index (χ1n) is 9.96. The lowest BCUT2D eigenvalue weighted by Gasteiger charge is -2.11. The van der Waals surface area contributed by atoms with Crippen molar-refractivity contribution in [3.8, 4) is 5.75 Å². The molecule has 0 aliphatic carbocycles. The van der Waals surface area contributed by atoms with Gasteiger partial charge in [-0.3, -0.25) is 25.2 Å². The van der Waals surface area contributed by atoms with Crippen molar-refractivity contribution in [3.05, 3.63) is 59.7 Å². The van der Waals surface area contributed by atoms with Gasteiger partial charge in [-0.1, -0.05) is 39.8 Å². The van der Waals surface area contributed by atoms with Crippen LogP contribution in [0.5, 0.6) is 5.75 Å². The van der Waals surface area contributed by atoms with Crippen molar-refractivity contribution in [3.63, 3.8) is 0 Å². The monoisotopic (exact) mass is 411 g/mol. The lowest BCUT2D eigenvalue weighted by atomic mass is 10.0. The maximum atomic E-state index is 12.1. The van der Waals surface area contributed by atoms with Crippen LogP contribution in [0.15, 0.2) is 48.5 Å². The number of hydrazine groups is 1. The number of hydrogen-bond donors (Lipinski definition) is 3. The fourth-order valence-electron chi connectivity index (χ4n) is 2.62. The molecule has 0 unspecified atom stereocenters. The van der Waals surface area contributed by atoms with E-state index < -0.39 is 11.8 Å². The minimum atomic E-state index is -0.478. The van der Waals surface area contributed by atoms with Crippen LogP contribution in [0, 0.1) is 5.92 Å². The molecular weight excluding hydrogens is 382 g/mol. The molecular formula is C23H29N3O4. The molecule has 7 heteroatoms. The number of anilines is 1. The molecule has 0 aliphatic heterocycles. The highest BCUT2D eigenvalue weighted by molar-refractivity contribution is 5.96. The van der Waals surface area contributed by atoms with Gasteiger partial charge in [0.05, 0.1) is 0 Å². The molecule has 2 rings (SSSR count). The van der Waals surface area contributed by atoms with Gasteiger partial charge < -0.3 is 10.1 Å². The van der Waals surface area contributed by atoms with E-state index in [1.54, 1.807) is 24.3 Å². The molecule has 2 aromatic carbocycles. The second-order valence-corrected chi connectivity index (χ2v) is 7.74. The largest absolute Gasteiger partial charge is 0.484 e. The lowest BCUT2D eigenvalue weighted by molar-refractivity contribution is -0.123. The van der Waals surface area contributed by atoms with E-state index in [0.29, 0.717) is 29.3 Å². The number of carbonyl (C=O) groups excluding carboxylic acids is 3. The number of carbonyl (C=O) groups is 3. The Morgan fingerprint density at radius 2 is 1.47 bits per heavy atom. The van der Waals surface area contributed by atoms with Crippen LogP contribution in [-0.4, -0.2) is 24.3 Å². The highest BCUT2D eigenvalue weighted by Crippen LogP contribution is 2.18. The van der Waals surface area contributed by atoms with E-state index in [1.165, 1.54) is 5.56 Å². The molecule has 3 amide bonds. The minimum absolute atomic E-state index is 0.0756. The van der Waals surface area contributed by atoms with Crippen molar-refractivity contribution in [2.45, 2.75) is 40.0 Å². The Morgan fingerprint density at radius 3 is 2.03 bits per heavy atom. The Morgan fingerprint density at radius 1 is 0.833 bits per heavy atom. The third-order valence-electron chi connectivity index (χ3n) is 4.26. The fraction of sp³-hybridized carbons (Fsp3) is 0.348. The molecule has 0 aliphatic rings. The summed E-state index contributed by atoms with van der Waals surface area (Å²) in [6.45, 7) is 7.91. The molecule has 0 saturated carbocycles. The SMILES string of the molecule is CC(C)CC(=O)Nc1ccc(C(=O)NNC(=O)COc2ccc(C(C)C)cc2)cc1. The van der Waals surface area contributed by atoms with E-state index in [0.717, 1.165) is 0 Å². The van der Waals surface area contributed by atoms with Gasteiger partial charge in [0.15, 0.2) is 6.61 Å². The van der Waals surface area contributed by atoms with Crippen LogP contribution in [0.3, 0.4) is 0 Å². The van der Waals surface area contributed by atoms with E-state index >= 15 is 0 Å². The molecule has 2 aromatic rings. The summed E-state index contributed by atoms with van der Waals surface area (Å²) in [6, 6.07) is 13.9. The zero-order valence-electron chi connectivity index (χ0n) is 17.8. The minimum Gasteiger partial charge on any atom is -0.484 e. The molecule has 7 nitrogen and oxygen atoms in total. The molecule has 0 atom stereocenters. The number of benzene rings is 2. The van der Waals surface area contributed by atoms with E-state index in [2.05, 4.69) is 30.0 Å². The van der Waals surface area contributed by atoms with Gasteiger partial charge in [0.1, 0.15) is 5.75 Å². The third kappa shape index (κ3) is 7.58. The maximum absolute atomic E-state index is 12.1. The first-order valence-corrected chi connectivity index (χ1v) is 9.96. The van der Waals surface area contributed by atoms with Crippen molar-refractivity contribution in [2.75, 3.05) is 11.9 Å². The summed E-state index contributed by atoms with van der Waals surface area (Å²) in [7, 11) is 0. The summed E-state index contributed by atoms with van der Waals surface area (Å²) < 4.78 is 5.42. The van der Waals surface area contributed by atoms with E-state index in [9.17, 15) is 14.4 Å². The number of nitrogens with one attached hydrogen (secondary N) is 3. The second kappa shape index (κ2) is 11.0. The van der Waals surface area contributed by atoms with Gasteiger partial charge in [0.25, 0.3) is 11.8 Å². The zero-order chi connectivity index (χ0) is 22.1. The van der Waals surface area contributed by atoms with Crippen LogP contribution in [0.25, 0.3) is 0 Å². The Hall–Kier alpha value is -3.35. The summed E-state index contributed by atoms with van der Waals surface area (Å²) in [4.78, 5) is 35.8. The molecule has 0 radical (unpaired) electrons. The van der Waals surface area contributed by atoms with E-state index in [-0.39, 0.29) is 18.4 Å². The summed E-state index contributed by atoms with van der Waals surface area (Å²) in [5.41, 5.74) is 6.80. The van der Waals surface area contributed by atoms with Crippen molar-refractivity contribution in [1.29, 1.82) is 0 Å². The summed E-state index contributed by atoms with van der Waals surface area (Å²) in [5, 5.41) is 2.77. The summed E-state index contributed by atoms with van der Waals surface area (Å²) in [5.74, 6) is 0.243. The predicted molar refractivity (Wildman–Crippen MR) is 116 cm³/mol. The number of amides is 3. The fourth-order valence-corrected chi connectivity index (χ4v) is 2.62. The van der Waals surface area contributed by atoms with Gasteiger partial charge in [0.2, 0.25) is 5.91 Å². The molecule has 0 bridgehead atoms. The molecule has 30 heavy (non-hydrogen) atoms. The highest BCUT2D eigenvalue weighted by atomic mass is 16.5. The van der Waals surface area contributed by atoms with Gasteiger partial charge in [-0.2, -0.15) is 0 Å². The van der Waals surface area contributed by atoms with Crippen LogP contribution < -0.4 is 20.9 Å². The highest BCUT2D eigenvalue weighted by Gasteiger charge is 2.10. The van der Waals surface area contributed by atoms with Crippen molar-refractivity contribution in [1.82, 2.24) is 10.9 Å². The van der Waals surface area contributed by atoms with E-state index in [1.807, 2.05) is 38.1 Å². The molecule has 0 fully saturated rings. The van der Waals surface area contributed by atoms with Gasteiger partial charge in [-0.15, -0.1) is 0 Å². The second-order valence-electron chi connectivity index (χ2n) is 7.74. The van der Waals surface area contributed by atoms with Crippen LogP contribution in [-0.2, 0) is 9.59 Å². The zero-order valence-corrected chi connectivity index (χ0v) is 17.8. The molecule has 3 N–H and O–H groups in total. The van der Waals surface area contributed by atoms with Gasteiger partial charge in [0, 0.05) is 17.7 Å². The van der Waals surface area contributed by atoms with Crippen LogP contribution in [0.2, 0.25) is 0 Å². The van der Waals surface area contributed by atoms with Crippen molar-refractivity contribution < 1.29 is 19.1 Å². The third-order valence-corrected chi connectivity index (χ3v) is 4.26. The van der Waals surface area contributed by atoms with Gasteiger partial charge in [-0.25, -0.2) is 0 Å². The van der Waals surface area contributed by atoms with Crippen LogP contribution >= 0.6 is 0 Å². The Kier molecular flexibility index (Phi) is 8.41. The van der Waals surface area contributed by atoms with Gasteiger partial charge in [-0.05, 0) is 53.8 Å². The lowest BCUT2D eigenvalue weighted by Crippen LogP contribution is -2.43. The molecule has 0 aromatic heterocycles. The normalized spacial score (nSPS) is 10.6. The number of ether oxygens (including phenoxy) is 1. The number of rotatable bonds is 8. The quantitative estimate of drug-likeness (QED) is 0.578. The van der Waals surface area contributed by atoms with Crippen LogP contribution in [0.1, 0.15) is 56.0 Å². The average Bonchev–Trinajstić information content (AvgIpc) is 2.70. The molecule has 160 valence electrons. The molecule has 0 saturated heterocycles. The average molecular weight is 412 g/mol. The van der Waals surface area contributed by atoms with Crippen molar-refractivity contribution >= 4 is 23.4 Å². The van der Waals surface area contributed by atoms with E-state index in [4.69, 9.17) is 4.74 Å². The first-order chi connectivity index (χ1) is 14.2. The molecule has 0 heterocycles. The topological polar surface area (TPSA) is 96.5 Å². The smallest absolute Gasteiger partial charge is 0.276 e. The Labute approximate surface area is 177 Å². The summed E-state index contributed by atoms with van der Waals surface area (Å²) in [6.07, 6.45) is 0.429. The molecule has 0 spiro atoms. The summed E-state index contributed by atoms with van der Waals surface area (Å²) >= 11 is 0.